The average Bonchev–Trinajstić information content (AvgIpc) is 3.25. The number of ether oxygens (including phenoxy) is 1. The summed E-state index contributed by atoms with van der Waals surface area (Å²) in [5, 5.41) is 10.6. The summed E-state index contributed by atoms with van der Waals surface area (Å²) in [6, 6.07) is 28.7. The van der Waals surface area contributed by atoms with Gasteiger partial charge in [-0.2, -0.15) is 5.10 Å². The Bertz CT molecular complexity index is 1340. The second kappa shape index (κ2) is 7.30. The van der Waals surface area contributed by atoms with E-state index in [9.17, 15) is 0 Å². The maximum Gasteiger partial charge on any atom is 0.213 e. The van der Waals surface area contributed by atoms with Crippen LogP contribution in [-0.2, 0) is 0 Å². The van der Waals surface area contributed by atoms with Crippen molar-refractivity contribution in [3.63, 3.8) is 0 Å². The summed E-state index contributed by atoms with van der Waals surface area (Å²) in [5.74, 6) is 0.691. The first-order valence-corrected chi connectivity index (χ1v) is 11.0. The number of hydrazone groups is 1. The fourth-order valence-corrected chi connectivity index (χ4v) is 5.05. The van der Waals surface area contributed by atoms with Crippen molar-refractivity contribution in [3.05, 3.63) is 112 Å². The number of benzene rings is 4. The second-order valence-corrected chi connectivity index (χ2v) is 8.74. The molecule has 6 rings (SSSR count). The molecule has 0 bridgehead atoms. The van der Waals surface area contributed by atoms with Crippen LogP contribution < -0.4 is 4.74 Å². The topological polar surface area (TPSA) is 24.8 Å². The third-order valence-corrected chi connectivity index (χ3v) is 6.47. The number of hydrogen-bond acceptors (Lipinski definition) is 3. The van der Waals surface area contributed by atoms with Crippen molar-refractivity contribution in [2.45, 2.75) is 18.7 Å². The van der Waals surface area contributed by atoms with Crippen LogP contribution in [0.25, 0.3) is 10.8 Å². The summed E-state index contributed by atoms with van der Waals surface area (Å²) in [6.07, 6.45) is 0.407. The fraction of sp³-hybridized carbons (Fsp3) is 0.115. The lowest BCUT2D eigenvalue weighted by Crippen LogP contribution is -2.33. The van der Waals surface area contributed by atoms with E-state index in [1.807, 2.05) is 24.3 Å². The van der Waals surface area contributed by atoms with Gasteiger partial charge in [0.1, 0.15) is 5.75 Å². The van der Waals surface area contributed by atoms with Crippen molar-refractivity contribution in [2.75, 3.05) is 0 Å². The van der Waals surface area contributed by atoms with Gasteiger partial charge < -0.3 is 4.74 Å². The Kier molecular flexibility index (Phi) is 4.41. The van der Waals surface area contributed by atoms with E-state index in [1.165, 1.54) is 10.8 Å². The summed E-state index contributed by atoms with van der Waals surface area (Å²) in [7, 11) is 0. The lowest BCUT2D eigenvalue weighted by Gasteiger charge is -2.38. The van der Waals surface area contributed by atoms with Gasteiger partial charge >= 0.3 is 0 Å². The summed E-state index contributed by atoms with van der Waals surface area (Å²) in [5.41, 5.74) is 4.16. The van der Waals surface area contributed by atoms with Crippen LogP contribution >= 0.6 is 23.2 Å². The van der Waals surface area contributed by atoms with E-state index in [2.05, 4.69) is 59.6 Å². The van der Waals surface area contributed by atoms with Gasteiger partial charge in [-0.15, -0.1) is 0 Å². The highest BCUT2D eigenvalue weighted by Gasteiger charge is 2.42. The number of fused-ring (bicyclic) bond motifs is 4. The molecule has 152 valence electrons. The highest BCUT2D eigenvalue weighted by atomic mass is 35.5. The zero-order valence-corrected chi connectivity index (χ0v) is 18.0. The van der Waals surface area contributed by atoms with Gasteiger partial charge in [0.25, 0.3) is 0 Å². The molecule has 3 nitrogen and oxygen atoms in total. The molecule has 0 saturated carbocycles. The second-order valence-electron chi connectivity index (χ2n) is 7.90. The summed E-state index contributed by atoms with van der Waals surface area (Å²) in [6.45, 7) is 0. The molecule has 31 heavy (non-hydrogen) atoms. The van der Waals surface area contributed by atoms with E-state index in [4.69, 9.17) is 33.0 Å². The van der Waals surface area contributed by atoms with E-state index in [0.29, 0.717) is 15.8 Å². The molecular weight excluding hydrogens is 427 g/mol. The predicted octanol–water partition coefficient (Wildman–Crippen LogP) is 7.39. The Morgan fingerprint density at radius 3 is 2.45 bits per heavy atom. The van der Waals surface area contributed by atoms with E-state index in [-0.39, 0.29) is 12.3 Å². The molecule has 0 amide bonds. The zero-order chi connectivity index (χ0) is 20.9. The number of hydrogen-bond donors (Lipinski definition) is 0. The molecule has 4 aromatic carbocycles. The standard InChI is InChI=1S/C26H18Cl2N2O/c27-20-13-21-24-15-23(19-11-10-16-6-4-5-9-18(16)12-19)29-30(24)26(17-7-2-1-3-8-17)31-25(21)22(28)14-20/h1-14,24,26H,15H2/t24-,26-/m0/s1. The normalized spacial score (nSPS) is 19.5. The Labute approximate surface area is 190 Å². The first kappa shape index (κ1) is 18.7. The Morgan fingerprint density at radius 1 is 0.839 bits per heavy atom. The third kappa shape index (κ3) is 3.16. The van der Waals surface area contributed by atoms with Crippen LogP contribution in [0.1, 0.15) is 35.4 Å². The Balaban J connectivity index is 1.48. The third-order valence-electron chi connectivity index (χ3n) is 5.98. The number of nitrogens with zero attached hydrogens (tertiary/aromatic N) is 2. The smallest absolute Gasteiger partial charge is 0.213 e. The van der Waals surface area contributed by atoms with Crippen molar-refractivity contribution < 1.29 is 4.74 Å². The van der Waals surface area contributed by atoms with E-state index in [0.717, 1.165) is 28.8 Å². The van der Waals surface area contributed by atoms with Crippen LogP contribution in [0.15, 0.2) is 90.0 Å². The monoisotopic (exact) mass is 444 g/mol. The summed E-state index contributed by atoms with van der Waals surface area (Å²) >= 11 is 12.9. The van der Waals surface area contributed by atoms with Gasteiger partial charge in [-0.1, -0.05) is 89.9 Å². The number of halogens is 2. The minimum atomic E-state index is -0.352. The molecular formula is C26H18Cl2N2O. The molecule has 4 aromatic rings. The summed E-state index contributed by atoms with van der Waals surface area (Å²) < 4.78 is 6.40. The minimum absolute atomic E-state index is 0.00614. The first-order chi connectivity index (χ1) is 15.2. The average molecular weight is 445 g/mol. The molecule has 0 N–H and O–H groups in total. The predicted molar refractivity (Wildman–Crippen MR) is 126 cm³/mol. The molecule has 5 heteroatoms. The SMILES string of the molecule is Clc1cc(Cl)c2c(c1)[C@@H]1CC(c3ccc4ccccc4c3)=NN1[C@H](c1ccccc1)O2. The lowest BCUT2D eigenvalue weighted by atomic mass is 9.95. The Hall–Kier alpha value is -3.01. The van der Waals surface area contributed by atoms with Crippen LogP contribution in [0.2, 0.25) is 10.0 Å². The minimum Gasteiger partial charge on any atom is -0.463 e. The van der Waals surface area contributed by atoms with Crippen LogP contribution in [0.3, 0.4) is 0 Å². The lowest BCUT2D eigenvalue weighted by molar-refractivity contribution is -0.0189. The molecule has 2 aliphatic heterocycles. The molecule has 2 atom stereocenters. The van der Waals surface area contributed by atoms with Gasteiger partial charge in [-0.25, -0.2) is 5.01 Å². The van der Waals surface area contributed by atoms with Crippen molar-refractivity contribution in [1.29, 1.82) is 0 Å². The number of rotatable bonds is 2. The fourth-order valence-electron chi connectivity index (χ4n) is 4.50. The molecule has 2 aliphatic rings. The van der Waals surface area contributed by atoms with Crippen LogP contribution in [0, 0.1) is 0 Å². The van der Waals surface area contributed by atoms with Crippen molar-refractivity contribution in [3.8, 4) is 5.75 Å². The van der Waals surface area contributed by atoms with Gasteiger partial charge in [0, 0.05) is 22.6 Å². The van der Waals surface area contributed by atoms with Gasteiger partial charge in [-0.05, 0) is 34.5 Å². The van der Waals surface area contributed by atoms with E-state index < -0.39 is 0 Å². The molecule has 0 radical (unpaired) electrons. The van der Waals surface area contributed by atoms with E-state index >= 15 is 0 Å². The quantitative estimate of drug-likeness (QED) is 0.321. The van der Waals surface area contributed by atoms with Crippen LogP contribution in [0.5, 0.6) is 5.75 Å². The zero-order valence-electron chi connectivity index (χ0n) is 16.5. The van der Waals surface area contributed by atoms with Gasteiger partial charge in [0.05, 0.1) is 16.8 Å². The maximum atomic E-state index is 6.54. The molecule has 0 fully saturated rings. The largest absolute Gasteiger partial charge is 0.463 e. The molecule has 0 unspecified atom stereocenters. The van der Waals surface area contributed by atoms with Crippen molar-refractivity contribution >= 4 is 39.7 Å². The summed E-state index contributed by atoms with van der Waals surface area (Å²) in [4.78, 5) is 0. The van der Waals surface area contributed by atoms with Gasteiger partial charge in [0.15, 0.2) is 0 Å². The van der Waals surface area contributed by atoms with Crippen LogP contribution in [-0.4, -0.2) is 10.7 Å². The van der Waals surface area contributed by atoms with E-state index in [1.54, 1.807) is 6.07 Å². The van der Waals surface area contributed by atoms with Crippen LogP contribution in [0.4, 0.5) is 0 Å². The maximum absolute atomic E-state index is 6.54. The molecule has 0 spiro atoms. The molecule has 0 saturated heterocycles. The molecule has 0 aromatic heterocycles. The Morgan fingerprint density at radius 2 is 1.61 bits per heavy atom. The van der Waals surface area contributed by atoms with Gasteiger partial charge in [-0.3, -0.25) is 0 Å². The van der Waals surface area contributed by atoms with Crippen molar-refractivity contribution in [1.82, 2.24) is 5.01 Å². The first-order valence-electron chi connectivity index (χ1n) is 10.2. The molecule has 2 heterocycles. The molecule has 0 aliphatic carbocycles. The van der Waals surface area contributed by atoms with Crippen molar-refractivity contribution in [2.24, 2.45) is 5.10 Å². The van der Waals surface area contributed by atoms with Gasteiger partial charge in [0.2, 0.25) is 6.23 Å². The highest BCUT2D eigenvalue weighted by Crippen LogP contribution is 2.50. The highest BCUT2D eigenvalue weighted by molar-refractivity contribution is 6.35.